The Morgan fingerprint density at radius 1 is 1.22 bits per heavy atom. The van der Waals surface area contributed by atoms with Crippen LogP contribution in [0.5, 0.6) is 0 Å². The van der Waals surface area contributed by atoms with Crippen LogP contribution in [-0.2, 0) is 25.6 Å². The number of hydrogen-bond donors (Lipinski definition) is 3. The van der Waals surface area contributed by atoms with Crippen molar-refractivity contribution in [2.45, 2.75) is 83.8 Å². The van der Waals surface area contributed by atoms with Crippen molar-refractivity contribution in [3.8, 4) is 0 Å². The number of aliphatic hydroxyl groups excluding tert-OH is 1. The Labute approximate surface area is 218 Å². The van der Waals surface area contributed by atoms with E-state index in [0.29, 0.717) is 17.8 Å². The predicted octanol–water partition coefficient (Wildman–Crippen LogP) is 3.31. The first-order valence-corrected chi connectivity index (χ1v) is 13.7. The Balaban J connectivity index is 1.19. The zero-order valence-corrected chi connectivity index (χ0v) is 22.2. The van der Waals surface area contributed by atoms with Gasteiger partial charge in [-0.1, -0.05) is 24.6 Å². The van der Waals surface area contributed by atoms with E-state index in [1.165, 1.54) is 31.9 Å². The van der Waals surface area contributed by atoms with E-state index in [0.717, 1.165) is 49.9 Å². The van der Waals surface area contributed by atoms with Crippen molar-refractivity contribution >= 4 is 17.6 Å². The van der Waals surface area contributed by atoms with Crippen molar-refractivity contribution in [1.29, 1.82) is 0 Å². The van der Waals surface area contributed by atoms with Gasteiger partial charge in [-0.3, -0.25) is 4.79 Å². The van der Waals surface area contributed by atoms with Gasteiger partial charge in [-0.2, -0.15) is 0 Å². The average Bonchev–Trinajstić information content (AvgIpc) is 3.50. The van der Waals surface area contributed by atoms with Crippen LogP contribution in [0.15, 0.2) is 29.3 Å². The van der Waals surface area contributed by atoms with Crippen molar-refractivity contribution in [2.24, 2.45) is 33.7 Å². The van der Waals surface area contributed by atoms with Crippen molar-refractivity contribution < 1.29 is 24.3 Å². The van der Waals surface area contributed by atoms with Gasteiger partial charge in [0, 0.05) is 18.3 Å². The monoisotopic (exact) mass is 512 g/mol. The van der Waals surface area contributed by atoms with E-state index < -0.39 is 17.9 Å². The number of oxime groups is 1. The standard InChI is InChI=1S/C28H40N4O5/c1-27-10-8-18(32-37-15-25(34)31-23(26(35)36-3)13-19-14-29-16-30-19)12-17(27)4-5-20-21-6-7-24(33)28(21,2)11-9-22(20)27/h12,14,16,20-24,33H,4-11,13,15H2,1-3H3,(H,29,30)(H,31,34)/b32-18+/t20-,21-,22-,23?,24+,27-,28-/m0/s1. The minimum absolute atomic E-state index is 0.0969. The molecule has 3 N–H and O–H groups in total. The summed E-state index contributed by atoms with van der Waals surface area (Å²) in [4.78, 5) is 36.8. The van der Waals surface area contributed by atoms with Gasteiger partial charge in [-0.05, 0) is 86.0 Å². The molecule has 4 aliphatic carbocycles. The van der Waals surface area contributed by atoms with Crippen LogP contribution in [-0.4, -0.2) is 58.5 Å². The summed E-state index contributed by atoms with van der Waals surface area (Å²) in [6.07, 6.45) is 13.9. The molecule has 1 aromatic rings. The lowest BCUT2D eigenvalue weighted by Gasteiger charge is -2.57. The second-order valence-electron chi connectivity index (χ2n) is 11.9. The van der Waals surface area contributed by atoms with Crippen LogP contribution in [0.25, 0.3) is 0 Å². The number of esters is 1. The molecule has 1 heterocycles. The zero-order chi connectivity index (χ0) is 26.2. The van der Waals surface area contributed by atoms with Crippen LogP contribution >= 0.6 is 0 Å². The third-order valence-electron chi connectivity index (χ3n) is 10.1. The van der Waals surface area contributed by atoms with Gasteiger partial charge in [0.2, 0.25) is 0 Å². The zero-order valence-electron chi connectivity index (χ0n) is 22.2. The molecule has 0 aliphatic heterocycles. The number of carbonyl (C=O) groups excluding carboxylic acids is 2. The maximum atomic E-state index is 12.4. The summed E-state index contributed by atoms with van der Waals surface area (Å²) in [5, 5.41) is 17.6. The molecule has 0 spiro atoms. The minimum atomic E-state index is -0.833. The van der Waals surface area contributed by atoms with Crippen LogP contribution < -0.4 is 5.32 Å². The van der Waals surface area contributed by atoms with Gasteiger partial charge in [-0.15, -0.1) is 0 Å². The van der Waals surface area contributed by atoms with Crippen molar-refractivity contribution in [2.75, 3.05) is 13.7 Å². The molecule has 0 bridgehead atoms. The number of methoxy groups -OCH3 is 1. The Kier molecular flexibility index (Phi) is 7.18. The summed E-state index contributed by atoms with van der Waals surface area (Å²) in [5.41, 5.74) is 3.32. The summed E-state index contributed by atoms with van der Waals surface area (Å²) in [6, 6.07) is -0.833. The largest absolute Gasteiger partial charge is 0.467 e. The van der Waals surface area contributed by atoms with Crippen LogP contribution in [0.1, 0.15) is 70.9 Å². The highest BCUT2D eigenvalue weighted by atomic mass is 16.6. The lowest BCUT2D eigenvalue weighted by molar-refractivity contribution is -0.145. The molecule has 9 heteroatoms. The number of aromatic amines is 1. The number of aromatic nitrogens is 2. The molecule has 7 atom stereocenters. The molecule has 4 aliphatic rings. The van der Waals surface area contributed by atoms with Gasteiger partial charge in [0.05, 0.1) is 25.3 Å². The van der Waals surface area contributed by atoms with Gasteiger partial charge in [0.1, 0.15) is 6.04 Å². The first-order chi connectivity index (χ1) is 17.7. The number of aliphatic hydroxyl groups is 1. The number of amides is 1. The Morgan fingerprint density at radius 2 is 2.05 bits per heavy atom. The first-order valence-electron chi connectivity index (χ1n) is 13.7. The molecule has 9 nitrogen and oxygen atoms in total. The molecular formula is C28H40N4O5. The number of H-pyrrole nitrogens is 1. The molecule has 1 aromatic heterocycles. The summed E-state index contributed by atoms with van der Waals surface area (Å²) in [6.45, 7) is 4.48. The smallest absolute Gasteiger partial charge is 0.328 e. The number of carbonyl (C=O) groups is 2. The maximum Gasteiger partial charge on any atom is 0.328 e. The van der Waals surface area contributed by atoms with E-state index in [9.17, 15) is 14.7 Å². The molecule has 202 valence electrons. The highest BCUT2D eigenvalue weighted by Crippen LogP contribution is 2.65. The summed E-state index contributed by atoms with van der Waals surface area (Å²) in [5.74, 6) is 1.03. The van der Waals surface area contributed by atoms with Crippen molar-refractivity contribution in [3.05, 3.63) is 29.9 Å². The fraction of sp³-hybridized carbons (Fsp3) is 0.714. The second-order valence-corrected chi connectivity index (χ2v) is 11.9. The van der Waals surface area contributed by atoms with Crippen molar-refractivity contribution in [1.82, 2.24) is 15.3 Å². The van der Waals surface area contributed by atoms with Gasteiger partial charge >= 0.3 is 5.97 Å². The number of allylic oxidation sites excluding steroid dienone is 2. The molecule has 0 saturated heterocycles. The highest BCUT2D eigenvalue weighted by molar-refractivity contribution is 5.96. The summed E-state index contributed by atoms with van der Waals surface area (Å²) >= 11 is 0. The third-order valence-corrected chi connectivity index (χ3v) is 10.1. The fourth-order valence-electron chi connectivity index (χ4n) is 7.98. The Morgan fingerprint density at radius 3 is 2.81 bits per heavy atom. The molecule has 3 fully saturated rings. The SMILES string of the molecule is COC(=O)C(Cc1cnc[nH]1)NC(=O)CO/N=C1/C=C2CC[C@H]3[C@@H]4CC[C@@H](O)[C@@]4(C)CC[C@@H]3[C@@]2(C)CC1. The second kappa shape index (κ2) is 10.2. The van der Waals surface area contributed by atoms with Gasteiger partial charge in [-0.25, -0.2) is 9.78 Å². The van der Waals surface area contributed by atoms with Crippen molar-refractivity contribution in [3.63, 3.8) is 0 Å². The normalized spacial score (nSPS) is 36.5. The maximum absolute atomic E-state index is 12.4. The topological polar surface area (TPSA) is 126 Å². The number of nitrogens with zero attached hydrogens (tertiary/aromatic N) is 2. The number of imidazole rings is 1. The summed E-state index contributed by atoms with van der Waals surface area (Å²) < 4.78 is 4.82. The average molecular weight is 513 g/mol. The lowest BCUT2D eigenvalue weighted by Crippen LogP contribution is -2.51. The van der Waals surface area contributed by atoms with Gasteiger partial charge in [0.15, 0.2) is 6.61 Å². The van der Waals surface area contributed by atoms with Crippen LogP contribution in [0, 0.1) is 28.6 Å². The van der Waals surface area contributed by atoms with E-state index in [2.05, 4.69) is 40.4 Å². The number of ether oxygens (including phenoxy) is 1. The summed E-state index contributed by atoms with van der Waals surface area (Å²) in [7, 11) is 1.29. The number of rotatable bonds is 7. The molecule has 1 unspecified atom stereocenters. The quantitative estimate of drug-likeness (QED) is 0.380. The third kappa shape index (κ3) is 4.82. The lowest BCUT2D eigenvalue weighted by atomic mass is 9.47. The Bertz CT molecular complexity index is 1070. The molecule has 37 heavy (non-hydrogen) atoms. The van der Waals surface area contributed by atoms with Crippen LogP contribution in [0.2, 0.25) is 0 Å². The van der Waals surface area contributed by atoms with E-state index in [1.54, 1.807) is 6.20 Å². The first kappa shape index (κ1) is 25.9. The Hall–Kier alpha value is -2.68. The van der Waals surface area contributed by atoms with Gasteiger partial charge in [0.25, 0.3) is 5.91 Å². The van der Waals surface area contributed by atoms with Crippen LogP contribution in [0.3, 0.4) is 0 Å². The van der Waals surface area contributed by atoms with Gasteiger partial charge < -0.3 is 25.0 Å². The number of nitrogens with one attached hydrogen (secondary N) is 2. The molecule has 5 rings (SSSR count). The molecule has 1 amide bonds. The van der Waals surface area contributed by atoms with E-state index in [1.807, 2.05) is 0 Å². The molecule has 0 radical (unpaired) electrons. The predicted molar refractivity (Wildman–Crippen MR) is 137 cm³/mol. The van der Waals surface area contributed by atoms with E-state index >= 15 is 0 Å². The van der Waals surface area contributed by atoms with Crippen LogP contribution in [0.4, 0.5) is 0 Å². The minimum Gasteiger partial charge on any atom is -0.467 e. The molecular weight excluding hydrogens is 472 g/mol. The number of fused-ring (bicyclic) bond motifs is 5. The van der Waals surface area contributed by atoms with E-state index in [4.69, 9.17) is 9.57 Å². The highest BCUT2D eigenvalue weighted by Gasteiger charge is 2.58. The van der Waals surface area contributed by atoms with E-state index in [-0.39, 0.29) is 30.0 Å². The fourth-order valence-corrected chi connectivity index (χ4v) is 7.98. The molecule has 3 saturated carbocycles. The number of hydrogen-bond acceptors (Lipinski definition) is 7. The molecule has 0 aromatic carbocycles.